The minimum atomic E-state index is -0.163. The Balaban J connectivity index is 2.29. The summed E-state index contributed by atoms with van der Waals surface area (Å²) in [6, 6.07) is 0. The summed E-state index contributed by atoms with van der Waals surface area (Å²) in [5, 5.41) is 10.1. The molecule has 0 aromatic carbocycles. The number of hydrogen-bond acceptors (Lipinski definition) is 1. The van der Waals surface area contributed by atoms with E-state index in [1.165, 1.54) is 24.0 Å². The maximum absolute atomic E-state index is 10.1. The maximum atomic E-state index is 10.1. The van der Waals surface area contributed by atoms with Gasteiger partial charge in [-0.1, -0.05) is 31.6 Å². The van der Waals surface area contributed by atoms with Crippen molar-refractivity contribution in [3.8, 4) is 0 Å². The van der Waals surface area contributed by atoms with Gasteiger partial charge in [0.15, 0.2) is 0 Å². The molecule has 0 heterocycles. The lowest BCUT2D eigenvalue weighted by atomic mass is 9.87. The van der Waals surface area contributed by atoms with Crippen LogP contribution < -0.4 is 0 Å². The van der Waals surface area contributed by atoms with Gasteiger partial charge in [-0.05, 0) is 55.9 Å². The van der Waals surface area contributed by atoms with Crippen molar-refractivity contribution in [2.75, 3.05) is 0 Å². The molecule has 0 unspecified atom stereocenters. The molecule has 2 rings (SSSR count). The fourth-order valence-corrected chi connectivity index (χ4v) is 3.46. The van der Waals surface area contributed by atoms with Gasteiger partial charge in [0.25, 0.3) is 0 Å². The number of aliphatic hydroxyl groups excluding tert-OH is 1. The molecule has 2 aliphatic carbocycles. The highest BCUT2D eigenvalue weighted by Crippen LogP contribution is 2.45. The largest absolute Gasteiger partial charge is 0.389 e. The van der Waals surface area contributed by atoms with Gasteiger partial charge in [0.1, 0.15) is 0 Å². The molecular weight excluding hydrogens is 196 g/mol. The molecule has 0 aromatic rings. The second-order valence-electron chi connectivity index (χ2n) is 5.86. The molecule has 0 aromatic heterocycles. The first-order valence-electron chi connectivity index (χ1n) is 6.57. The molecule has 0 aliphatic heterocycles. The quantitative estimate of drug-likeness (QED) is 0.668. The third-order valence-corrected chi connectivity index (χ3v) is 4.54. The van der Waals surface area contributed by atoms with Gasteiger partial charge in [-0.25, -0.2) is 0 Å². The Bertz CT molecular complexity index is 326. The molecule has 0 bridgehead atoms. The number of rotatable bonds is 1. The topological polar surface area (TPSA) is 20.2 Å². The molecule has 2 aliphatic rings. The van der Waals surface area contributed by atoms with Crippen molar-refractivity contribution in [1.82, 2.24) is 0 Å². The Morgan fingerprint density at radius 3 is 2.56 bits per heavy atom. The lowest BCUT2D eigenvalue weighted by Gasteiger charge is -2.18. The van der Waals surface area contributed by atoms with Gasteiger partial charge in [0.2, 0.25) is 0 Å². The Morgan fingerprint density at radius 2 is 1.94 bits per heavy atom. The summed E-state index contributed by atoms with van der Waals surface area (Å²) in [6.07, 6.45) is 4.37. The van der Waals surface area contributed by atoms with Gasteiger partial charge < -0.3 is 5.11 Å². The van der Waals surface area contributed by atoms with E-state index in [1.54, 1.807) is 5.57 Å². The molecule has 0 amide bonds. The summed E-state index contributed by atoms with van der Waals surface area (Å²) in [5.41, 5.74) is 4.23. The minimum Gasteiger partial charge on any atom is -0.389 e. The van der Waals surface area contributed by atoms with E-state index >= 15 is 0 Å². The smallest absolute Gasteiger partial charge is 0.0761 e. The fraction of sp³-hybridized carbons (Fsp3) is 0.733. The average molecular weight is 220 g/mol. The Morgan fingerprint density at radius 1 is 1.25 bits per heavy atom. The summed E-state index contributed by atoms with van der Waals surface area (Å²) in [4.78, 5) is 0. The fourth-order valence-electron chi connectivity index (χ4n) is 3.46. The van der Waals surface area contributed by atoms with E-state index in [-0.39, 0.29) is 6.10 Å². The zero-order valence-corrected chi connectivity index (χ0v) is 10.8. The average Bonchev–Trinajstić information content (AvgIpc) is 2.39. The van der Waals surface area contributed by atoms with Crippen molar-refractivity contribution in [2.45, 2.75) is 52.6 Å². The minimum absolute atomic E-state index is 0.163. The molecule has 1 heteroatoms. The van der Waals surface area contributed by atoms with Gasteiger partial charge in [-0.3, -0.25) is 0 Å². The van der Waals surface area contributed by atoms with Crippen molar-refractivity contribution in [3.63, 3.8) is 0 Å². The van der Waals surface area contributed by atoms with Gasteiger partial charge >= 0.3 is 0 Å². The van der Waals surface area contributed by atoms with Crippen LogP contribution in [0.1, 0.15) is 46.5 Å². The molecule has 0 saturated carbocycles. The standard InChI is InChI=1S/C15H24O/c1-9(2)12-6-5-10(3)15-13(8-12)11(4)7-14(15)16/h10-12,14,16H,1,5-8H2,2-4H3/t10-,11-,12+,14+/m0/s1. The van der Waals surface area contributed by atoms with Crippen LogP contribution in [0, 0.1) is 17.8 Å². The molecule has 4 atom stereocenters. The number of hydrogen-bond donors (Lipinski definition) is 1. The third-order valence-electron chi connectivity index (χ3n) is 4.54. The van der Waals surface area contributed by atoms with Crippen LogP contribution in [0.5, 0.6) is 0 Å². The lowest BCUT2D eigenvalue weighted by Crippen LogP contribution is -2.12. The number of aliphatic hydroxyl groups is 1. The van der Waals surface area contributed by atoms with E-state index in [0.29, 0.717) is 17.8 Å². The van der Waals surface area contributed by atoms with E-state index in [9.17, 15) is 5.11 Å². The van der Waals surface area contributed by atoms with E-state index in [0.717, 1.165) is 12.8 Å². The molecule has 0 radical (unpaired) electrons. The van der Waals surface area contributed by atoms with Crippen LogP contribution in [-0.4, -0.2) is 11.2 Å². The van der Waals surface area contributed by atoms with Crippen molar-refractivity contribution in [2.24, 2.45) is 17.8 Å². The first-order chi connectivity index (χ1) is 7.50. The van der Waals surface area contributed by atoms with Crippen LogP contribution in [0.4, 0.5) is 0 Å². The molecule has 0 fully saturated rings. The monoisotopic (exact) mass is 220 g/mol. The Labute approximate surface area is 99.3 Å². The Hall–Kier alpha value is -0.560. The molecule has 16 heavy (non-hydrogen) atoms. The highest BCUT2D eigenvalue weighted by atomic mass is 16.3. The summed E-state index contributed by atoms with van der Waals surface area (Å²) in [6.45, 7) is 10.8. The maximum Gasteiger partial charge on any atom is 0.0761 e. The van der Waals surface area contributed by atoms with E-state index in [4.69, 9.17) is 0 Å². The van der Waals surface area contributed by atoms with Crippen LogP contribution in [0.25, 0.3) is 0 Å². The van der Waals surface area contributed by atoms with E-state index < -0.39 is 0 Å². The van der Waals surface area contributed by atoms with Crippen LogP contribution in [0.2, 0.25) is 0 Å². The summed E-state index contributed by atoms with van der Waals surface area (Å²) in [5.74, 6) is 1.79. The van der Waals surface area contributed by atoms with Crippen molar-refractivity contribution >= 4 is 0 Å². The van der Waals surface area contributed by atoms with Crippen molar-refractivity contribution in [1.29, 1.82) is 0 Å². The highest BCUT2D eigenvalue weighted by Gasteiger charge is 2.35. The van der Waals surface area contributed by atoms with Crippen LogP contribution in [-0.2, 0) is 0 Å². The summed E-state index contributed by atoms with van der Waals surface area (Å²) in [7, 11) is 0. The SMILES string of the molecule is C=C(C)[C@@H]1CC[C@H](C)C2=C(C1)[C@@H](C)C[C@H]2O. The van der Waals surface area contributed by atoms with Crippen molar-refractivity contribution < 1.29 is 5.11 Å². The van der Waals surface area contributed by atoms with Gasteiger partial charge in [-0.15, -0.1) is 0 Å². The summed E-state index contributed by atoms with van der Waals surface area (Å²) < 4.78 is 0. The number of allylic oxidation sites excluding steroid dienone is 2. The normalized spacial score (nSPS) is 39.5. The van der Waals surface area contributed by atoms with Crippen molar-refractivity contribution in [3.05, 3.63) is 23.3 Å². The molecule has 90 valence electrons. The molecular formula is C15H24O. The van der Waals surface area contributed by atoms with Gasteiger partial charge in [-0.2, -0.15) is 0 Å². The zero-order chi connectivity index (χ0) is 11.9. The van der Waals surface area contributed by atoms with E-state index in [1.807, 2.05) is 0 Å². The van der Waals surface area contributed by atoms with Gasteiger partial charge in [0, 0.05) is 0 Å². The first-order valence-corrected chi connectivity index (χ1v) is 6.57. The van der Waals surface area contributed by atoms with Crippen LogP contribution >= 0.6 is 0 Å². The lowest BCUT2D eigenvalue weighted by molar-refractivity contribution is 0.189. The second kappa shape index (κ2) is 4.37. The summed E-state index contributed by atoms with van der Waals surface area (Å²) >= 11 is 0. The molecule has 1 nitrogen and oxygen atoms in total. The molecule has 1 N–H and O–H groups in total. The second-order valence-corrected chi connectivity index (χ2v) is 5.86. The zero-order valence-electron chi connectivity index (χ0n) is 10.8. The Kier molecular flexibility index (Phi) is 3.25. The first kappa shape index (κ1) is 11.9. The highest BCUT2D eigenvalue weighted by molar-refractivity contribution is 5.31. The van der Waals surface area contributed by atoms with Gasteiger partial charge in [0.05, 0.1) is 6.10 Å². The van der Waals surface area contributed by atoms with Crippen LogP contribution in [0.3, 0.4) is 0 Å². The predicted octanol–water partition coefficient (Wildman–Crippen LogP) is 3.70. The predicted molar refractivity (Wildman–Crippen MR) is 68.1 cm³/mol. The van der Waals surface area contributed by atoms with Crippen LogP contribution in [0.15, 0.2) is 23.3 Å². The molecule has 0 spiro atoms. The third kappa shape index (κ3) is 1.98. The van der Waals surface area contributed by atoms with E-state index in [2.05, 4.69) is 27.4 Å². The molecule has 0 saturated heterocycles.